The summed E-state index contributed by atoms with van der Waals surface area (Å²) in [5, 5.41) is 0. The highest BCUT2D eigenvalue weighted by molar-refractivity contribution is 8.24. The van der Waals surface area contributed by atoms with Crippen LogP contribution in [0, 0.1) is 12.3 Å². The molecule has 1 atom stereocenters. The summed E-state index contributed by atoms with van der Waals surface area (Å²) < 4.78 is 16.0. The third-order valence-electron chi connectivity index (χ3n) is 1.07. The van der Waals surface area contributed by atoms with Crippen molar-refractivity contribution < 1.29 is 7.84 Å². The van der Waals surface area contributed by atoms with Gasteiger partial charge < -0.3 is 0 Å². The van der Waals surface area contributed by atoms with Gasteiger partial charge >= 0.3 is 0 Å². The molecule has 0 amide bonds. The van der Waals surface area contributed by atoms with Gasteiger partial charge in [-0.1, -0.05) is 25.3 Å². The van der Waals surface area contributed by atoms with Crippen LogP contribution in [0.1, 0.15) is 19.8 Å². The Labute approximate surface area is 101 Å². The maximum Gasteiger partial charge on any atom is 0.268 e. The normalized spacial score (nSPS) is 13.6. The Morgan fingerprint density at radius 3 is 3.00 bits per heavy atom. The molecule has 0 aromatic rings. The van der Waals surface area contributed by atoms with Crippen molar-refractivity contribution in [3.8, 4) is 12.3 Å². The van der Waals surface area contributed by atoms with E-state index in [1.165, 1.54) is 11.8 Å². The van der Waals surface area contributed by atoms with Crippen molar-refractivity contribution in [3.63, 3.8) is 0 Å². The zero-order chi connectivity index (χ0) is 10.8. The van der Waals surface area contributed by atoms with Crippen molar-refractivity contribution in [2.75, 3.05) is 5.75 Å². The maximum atomic E-state index is 10.5. The summed E-state index contributed by atoms with van der Waals surface area (Å²) >= 11 is 2.48. The Morgan fingerprint density at radius 2 is 2.50 bits per heavy atom. The van der Waals surface area contributed by atoms with Gasteiger partial charge in [-0.25, -0.2) is 7.84 Å². The summed E-state index contributed by atoms with van der Waals surface area (Å²) in [5.74, 6) is 3.08. The lowest BCUT2D eigenvalue weighted by Gasteiger charge is -2.01. The molecular formula is C8H11ClO2S3. The van der Waals surface area contributed by atoms with E-state index in [1.807, 2.05) is 6.08 Å². The first kappa shape index (κ1) is 14.4. The van der Waals surface area contributed by atoms with Gasteiger partial charge in [-0.3, -0.25) is 0 Å². The number of hydrogen-bond acceptors (Lipinski definition) is 4. The molecular weight excluding hydrogens is 260 g/mol. The predicted molar refractivity (Wildman–Crippen MR) is 67.0 cm³/mol. The highest BCUT2D eigenvalue weighted by Gasteiger charge is 2.02. The first-order valence-corrected chi connectivity index (χ1v) is 7.53. The van der Waals surface area contributed by atoms with Crippen molar-refractivity contribution in [3.05, 3.63) is 10.3 Å². The summed E-state index contributed by atoms with van der Waals surface area (Å²) in [7, 11) is 3.37. The van der Waals surface area contributed by atoms with E-state index >= 15 is 0 Å². The second-order valence-electron chi connectivity index (χ2n) is 2.15. The van der Waals surface area contributed by atoms with Gasteiger partial charge in [-0.2, -0.15) is 0 Å². The topological polar surface area (TPSA) is 26.3 Å². The van der Waals surface area contributed by atoms with Gasteiger partial charge in [0.1, 0.15) is 0 Å². The molecule has 1 unspecified atom stereocenters. The quantitative estimate of drug-likeness (QED) is 0.402. The van der Waals surface area contributed by atoms with Gasteiger partial charge in [0.25, 0.3) is 10.3 Å². The molecule has 80 valence electrons. The van der Waals surface area contributed by atoms with Crippen molar-refractivity contribution in [2.24, 2.45) is 0 Å². The molecule has 0 saturated heterocycles. The van der Waals surface area contributed by atoms with Crippen LogP contribution in [-0.4, -0.2) is 9.96 Å². The summed E-state index contributed by atoms with van der Waals surface area (Å²) in [6.07, 6.45) is 9.11. The minimum atomic E-state index is -1.77. The molecule has 0 heterocycles. The van der Waals surface area contributed by atoms with E-state index in [-0.39, 0.29) is 0 Å². The second kappa shape index (κ2) is 9.94. The zero-order valence-corrected chi connectivity index (χ0v) is 10.9. The Morgan fingerprint density at radius 1 is 1.79 bits per heavy atom. The Bertz CT molecular complexity index is 247. The number of thioether (sulfide) groups is 1. The van der Waals surface area contributed by atoms with Crippen molar-refractivity contribution in [1.82, 2.24) is 0 Å². The molecule has 2 nitrogen and oxygen atoms in total. The predicted octanol–water partition coefficient (Wildman–Crippen LogP) is 3.48. The summed E-state index contributed by atoms with van der Waals surface area (Å²) in [6, 6.07) is 0. The average molecular weight is 271 g/mol. The molecule has 0 spiro atoms. The van der Waals surface area contributed by atoms with E-state index in [0.717, 1.165) is 29.1 Å². The van der Waals surface area contributed by atoms with E-state index < -0.39 is 10.3 Å². The molecule has 0 aliphatic rings. The first-order valence-electron chi connectivity index (χ1n) is 3.90. The van der Waals surface area contributed by atoms with E-state index in [2.05, 4.69) is 12.8 Å². The van der Waals surface area contributed by atoms with Crippen molar-refractivity contribution in [2.45, 2.75) is 19.8 Å². The van der Waals surface area contributed by atoms with Gasteiger partial charge in [0.15, 0.2) is 0 Å². The number of hydrogen-bond donors (Lipinski definition) is 0. The van der Waals surface area contributed by atoms with Gasteiger partial charge in [-0.15, -0.1) is 18.2 Å². The molecule has 14 heavy (non-hydrogen) atoms. The Hall–Kier alpha value is 0.400. The molecule has 6 heteroatoms. The van der Waals surface area contributed by atoms with Crippen LogP contribution < -0.4 is 0 Å². The standard InChI is InChI=1S/C8H11ClO2S3/c1-3-5-6-8(12-7-4-2)13-11-14(9)10/h2,6H,3,5,7H2,1H3/b8-6-. The number of allylic oxidation sites excluding steroid dienone is 1. The van der Waals surface area contributed by atoms with Gasteiger partial charge in [-0.05, 0) is 6.42 Å². The molecule has 0 aliphatic carbocycles. The SMILES string of the molecule is C#CCS/C(=C/CCC)SOS(=O)Cl. The van der Waals surface area contributed by atoms with Crippen LogP contribution in [0.25, 0.3) is 0 Å². The second-order valence-corrected chi connectivity index (χ2v) is 5.72. The lowest BCUT2D eigenvalue weighted by Crippen LogP contribution is -1.80. The number of rotatable bonds is 7. The lowest BCUT2D eigenvalue weighted by atomic mass is 10.3. The van der Waals surface area contributed by atoms with Crippen LogP contribution >= 0.6 is 34.5 Å². The monoisotopic (exact) mass is 270 g/mol. The van der Waals surface area contributed by atoms with E-state index in [9.17, 15) is 4.21 Å². The Balaban J connectivity index is 3.97. The van der Waals surface area contributed by atoms with E-state index in [1.54, 1.807) is 0 Å². The molecule has 0 saturated carbocycles. The molecule has 0 radical (unpaired) electrons. The van der Waals surface area contributed by atoms with Crippen LogP contribution in [0.2, 0.25) is 0 Å². The first-order chi connectivity index (χ1) is 6.70. The largest absolute Gasteiger partial charge is 0.268 e. The summed E-state index contributed by atoms with van der Waals surface area (Å²) in [6.45, 7) is 2.07. The van der Waals surface area contributed by atoms with Crippen molar-refractivity contribution >= 4 is 44.8 Å². The smallest absolute Gasteiger partial charge is 0.211 e. The molecule has 0 bridgehead atoms. The lowest BCUT2D eigenvalue weighted by molar-refractivity contribution is 0.626. The van der Waals surface area contributed by atoms with Crippen LogP contribution in [-0.2, 0) is 13.9 Å². The molecule has 0 rings (SSSR count). The van der Waals surface area contributed by atoms with Crippen LogP contribution in [0.4, 0.5) is 0 Å². The molecule has 0 N–H and O–H groups in total. The molecule has 0 aromatic heterocycles. The number of unbranched alkanes of at least 4 members (excludes halogenated alkanes) is 1. The molecule has 0 aromatic carbocycles. The third-order valence-corrected chi connectivity index (χ3v) is 3.88. The average Bonchev–Trinajstić information content (AvgIpc) is 2.16. The molecule has 0 aliphatic heterocycles. The van der Waals surface area contributed by atoms with Gasteiger partial charge in [0.2, 0.25) is 0 Å². The van der Waals surface area contributed by atoms with Crippen molar-refractivity contribution in [1.29, 1.82) is 0 Å². The van der Waals surface area contributed by atoms with E-state index in [4.69, 9.17) is 20.7 Å². The van der Waals surface area contributed by atoms with Gasteiger partial charge in [0, 0.05) is 10.7 Å². The van der Waals surface area contributed by atoms with Crippen LogP contribution in [0.15, 0.2) is 10.3 Å². The Kier molecular flexibility index (Phi) is 10.2. The van der Waals surface area contributed by atoms with Crippen LogP contribution in [0.3, 0.4) is 0 Å². The highest BCUT2D eigenvalue weighted by atomic mass is 35.7. The maximum absolute atomic E-state index is 10.5. The number of terminal acetylenes is 1. The molecule has 0 fully saturated rings. The minimum absolute atomic E-state index is 0.570. The fourth-order valence-corrected chi connectivity index (χ4v) is 2.53. The third kappa shape index (κ3) is 8.97. The van der Waals surface area contributed by atoms with E-state index in [0.29, 0.717) is 5.75 Å². The summed E-state index contributed by atoms with van der Waals surface area (Å²) in [4.78, 5) is 0. The zero-order valence-electron chi connectivity index (χ0n) is 7.70. The van der Waals surface area contributed by atoms with Crippen LogP contribution in [0.5, 0.6) is 0 Å². The summed E-state index contributed by atoms with van der Waals surface area (Å²) in [5.41, 5.74) is 0. The minimum Gasteiger partial charge on any atom is -0.211 e. The fraction of sp³-hybridized carbons (Fsp3) is 0.500. The number of halogens is 1. The highest BCUT2D eigenvalue weighted by Crippen LogP contribution is 2.30. The fourth-order valence-electron chi connectivity index (χ4n) is 0.552. The van der Waals surface area contributed by atoms with Gasteiger partial charge in [0.05, 0.1) is 22.0 Å².